The van der Waals surface area contributed by atoms with E-state index in [2.05, 4.69) is 10.1 Å². The van der Waals surface area contributed by atoms with Gasteiger partial charge in [-0.25, -0.2) is 9.18 Å². The minimum absolute atomic E-state index is 0.0514. The van der Waals surface area contributed by atoms with Gasteiger partial charge in [0.1, 0.15) is 12.4 Å². The van der Waals surface area contributed by atoms with Gasteiger partial charge in [0.2, 0.25) is 0 Å². The molecule has 1 aliphatic heterocycles. The lowest BCUT2D eigenvalue weighted by atomic mass is 10.1. The Labute approximate surface area is 95.1 Å². The monoisotopic (exact) mass is 249 g/mol. The van der Waals surface area contributed by atoms with Crippen LogP contribution in [-0.2, 0) is 4.74 Å². The Morgan fingerprint density at radius 3 is 2.80 bits per heavy atom. The number of benzene rings is 1. The van der Waals surface area contributed by atoms with Gasteiger partial charge in [-0.1, -0.05) is 23.2 Å². The van der Waals surface area contributed by atoms with E-state index >= 15 is 0 Å². The predicted octanol–water partition coefficient (Wildman–Crippen LogP) is 2.91. The molecule has 1 aliphatic rings. The highest BCUT2D eigenvalue weighted by molar-refractivity contribution is 6.42. The highest BCUT2D eigenvalue weighted by atomic mass is 35.5. The molecule has 0 bridgehead atoms. The molecule has 0 saturated carbocycles. The number of carbonyl (C=O) groups excluding carboxylic acids is 1. The summed E-state index contributed by atoms with van der Waals surface area (Å²) in [7, 11) is 0. The van der Waals surface area contributed by atoms with Gasteiger partial charge in [-0.15, -0.1) is 0 Å². The van der Waals surface area contributed by atoms with Gasteiger partial charge in [0.05, 0.1) is 16.1 Å². The predicted molar refractivity (Wildman–Crippen MR) is 53.6 cm³/mol. The standard InChI is InChI=1S/C9H6Cl2FNO2/c10-4-1-2-5(12)7(8(4)11)6-3-15-9(14)13-6/h1-2,6H,3H2,(H,13,14)/t6-/m1/s1. The van der Waals surface area contributed by atoms with Crippen molar-refractivity contribution < 1.29 is 13.9 Å². The smallest absolute Gasteiger partial charge is 0.407 e. The summed E-state index contributed by atoms with van der Waals surface area (Å²) >= 11 is 11.6. The summed E-state index contributed by atoms with van der Waals surface area (Å²) in [6.07, 6.45) is -0.588. The van der Waals surface area contributed by atoms with E-state index in [-0.39, 0.29) is 22.2 Å². The van der Waals surface area contributed by atoms with Crippen molar-refractivity contribution in [2.45, 2.75) is 6.04 Å². The van der Waals surface area contributed by atoms with Crippen LogP contribution in [0.1, 0.15) is 11.6 Å². The molecule has 2 rings (SSSR count). The van der Waals surface area contributed by atoms with Crippen LogP contribution in [-0.4, -0.2) is 12.7 Å². The lowest BCUT2D eigenvalue weighted by Crippen LogP contribution is -2.19. The number of nitrogens with one attached hydrogen (secondary N) is 1. The first-order chi connectivity index (χ1) is 7.09. The largest absolute Gasteiger partial charge is 0.447 e. The molecule has 1 atom stereocenters. The number of ether oxygens (including phenoxy) is 1. The van der Waals surface area contributed by atoms with E-state index in [1.165, 1.54) is 12.1 Å². The van der Waals surface area contributed by atoms with E-state index in [0.717, 1.165) is 0 Å². The zero-order valence-corrected chi connectivity index (χ0v) is 8.90. The van der Waals surface area contributed by atoms with Crippen molar-refractivity contribution in [1.82, 2.24) is 5.32 Å². The molecule has 0 aliphatic carbocycles. The summed E-state index contributed by atoms with van der Waals surface area (Å²) in [6, 6.07) is 1.98. The summed E-state index contributed by atoms with van der Waals surface area (Å²) < 4.78 is 18.1. The Balaban J connectivity index is 2.43. The number of hydrogen-bond donors (Lipinski definition) is 1. The molecule has 0 spiro atoms. The Bertz CT molecular complexity index is 425. The topological polar surface area (TPSA) is 38.3 Å². The molecule has 1 saturated heterocycles. The van der Waals surface area contributed by atoms with Crippen molar-refractivity contribution >= 4 is 29.3 Å². The van der Waals surface area contributed by atoms with Crippen molar-refractivity contribution in [1.29, 1.82) is 0 Å². The zero-order chi connectivity index (χ0) is 11.0. The lowest BCUT2D eigenvalue weighted by Gasteiger charge is -2.11. The number of amides is 1. The first-order valence-corrected chi connectivity index (χ1v) is 4.92. The van der Waals surface area contributed by atoms with Gasteiger partial charge in [-0.2, -0.15) is 0 Å². The van der Waals surface area contributed by atoms with Gasteiger partial charge in [0.15, 0.2) is 0 Å². The molecule has 1 aromatic carbocycles. The van der Waals surface area contributed by atoms with Gasteiger partial charge in [0.25, 0.3) is 0 Å². The van der Waals surface area contributed by atoms with Crippen molar-refractivity contribution in [2.75, 3.05) is 6.61 Å². The number of alkyl carbamates (subject to hydrolysis) is 1. The first-order valence-electron chi connectivity index (χ1n) is 4.16. The summed E-state index contributed by atoms with van der Waals surface area (Å²) in [5.74, 6) is -0.514. The van der Waals surface area contributed by atoms with Crippen LogP contribution in [0.25, 0.3) is 0 Å². The summed E-state index contributed by atoms with van der Waals surface area (Å²) in [6.45, 7) is 0.0514. The third-order valence-corrected chi connectivity index (χ3v) is 2.92. The van der Waals surface area contributed by atoms with E-state index in [0.29, 0.717) is 0 Å². The van der Waals surface area contributed by atoms with Crippen molar-refractivity contribution in [3.8, 4) is 0 Å². The van der Waals surface area contributed by atoms with Gasteiger partial charge in [-0.3, -0.25) is 0 Å². The molecule has 1 aromatic rings. The molecule has 1 heterocycles. The van der Waals surface area contributed by atoms with Crippen LogP contribution in [0.15, 0.2) is 12.1 Å². The van der Waals surface area contributed by atoms with Gasteiger partial charge in [0, 0.05) is 5.56 Å². The Morgan fingerprint density at radius 2 is 2.20 bits per heavy atom. The van der Waals surface area contributed by atoms with E-state index in [1.54, 1.807) is 0 Å². The maximum Gasteiger partial charge on any atom is 0.407 e. The molecule has 3 nitrogen and oxygen atoms in total. The zero-order valence-electron chi connectivity index (χ0n) is 7.39. The number of halogens is 3. The fourth-order valence-corrected chi connectivity index (χ4v) is 1.85. The lowest BCUT2D eigenvalue weighted by molar-refractivity contribution is 0.177. The van der Waals surface area contributed by atoms with Gasteiger partial charge >= 0.3 is 6.09 Å². The molecule has 1 N–H and O–H groups in total. The van der Waals surface area contributed by atoms with E-state index in [4.69, 9.17) is 23.2 Å². The first kappa shape index (κ1) is 10.5. The number of rotatable bonds is 1. The Kier molecular flexibility index (Phi) is 2.71. The highest BCUT2D eigenvalue weighted by Crippen LogP contribution is 2.33. The minimum atomic E-state index is -0.588. The second kappa shape index (κ2) is 3.87. The van der Waals surface area contributed by atoms with Crippen LogP contribution in [0.5, 0.6) is 0 Å². The molecular formula is C9H6Cl2FNO2. The maximum absolute atomic E-state index is 13.5. The number of cyclic esters (lactones) is 1. The summed E-state index contributed by atoms with van der Waals surface area (Å²) in [4.78, 5) is 10.8. The molecule has 80 valence electrons. The van der Waals surface area contributed by atoms with Crippen molar-refractivity contribution in [2.24, 2.45) is 0 Å². The second-order valence-corrected chi connectivity index (χ2v) is 3.84. The molecule has 1 amide bonds. The van der Waals surface area contributed by atoms with Crippen molar-refractivity contribution in [3.05, 3.63) is 33.6 Å². The molecule has 15 heavy (non-hydrogen) atoms. The molecule has 1 fully saturated rings. The number of hydrogen-bond acceptors (Lipinski definition) is 2. The third-order valence-electron chi connectivity index (χ3n) is 2.10. The van der Waals surface area contributed by atoms with E-state index < -0.39 is 18.0 Å². The fraction of sp³-hybridized carbons (Fsp3) is 0.222. The molecule has 0 aromatic heterocycles. The van der Waals surface area contributed by atoms with Crippen LogP contribution in [0, 0.1) is 5.82 Å². The van der Waals surface area contributed by atoms with Crippen LogP contribution in [0.3, 0.4) is 0 Å². The molecule has 0 unspecified atom stereocenters. The average molecular weight is 250 g/mol. The molecule has 0 radical (unpaired) electrons. The summed E-state index contributed by atoms with van der Waals surface area (Å²) in [5.41, 5.74) is 0.162. The molecule has 6 heteroatoms. The quantitative estimate of drug-likeness (QED) is 0.778. The average Bonchev–Trinajstić information content (AvgIpc) is 2.59. The highest BCUT2D eigenvalue weighted by Gasteiger charge is 2.29. The van der Waals surface area contributed by atoms with Crippen LogP contribution in [0.2, 0.25) is 10.0 Å². The second-order valence-electron chi connectivity index (χ2n) is 3.05. The third kappa shape index (κ3) is 1.87. The maximum atomic E-state index is 13.5. The SMILES string of the molecule is O=C1N[C@@H](c2c(F)ccc(Cl)c2Cl)CO1. The van der Waals surface area contributed by atoms with Crippen molar-refractivity contribution in [3.63, 3.8) is 0 Å². The van der Waals surface area contributed by atoms with E-state index in [9.17, 15) is 9.18 Å². The number of carbonyl (C=O) groups is 1. The minimum Gasteiger partial charge on any atom is -0.447 e. The van der Waals surface area contributed by atoms with Crippen LogP contribution >= 0.6 is 23.2 Å². The Morgan fingerprint density at radius 1 is 1.47 bits per heavy atom. The molecular weight excluding hydrogens is 244 g/mol. The van der Waals surface area contributed by atoms with Crippen LogP contribution < -0.4 is 5.32 Å². The Hall–Kier alpha value is -1.000. The normalized spacial score (nSPS) is 19.9. The van der Waals surface area contributed by atoms with E-state index in [1.807, 2.05) is 0 Å². The summed E-state index contributed by atoms with van der Waals surface area (Å²) in [5, 5.41) is 2.78. The van der Waals surface area contributed by atoms with Crippen LogP contribution in [0.4, 0.5) is 9.18 Å². The van der Waals surface area contributed by atoms with Gasteiger partial charge < -0.3 is 10.1 Å². The van der Waals surface area contributed by atoms with Gasteiger partial charge in [-0.05, 0) is 12.1 Å². The fourth-order valence-electron chi connectivity index (χ4n) is 1.40.